The van der Waals surface area contributed by atoms with Crippen LogP contribution in [0.25, 0.3) is 0 Å². The first-order valence-electron chi connectivity index (χ1n) is 7.20. The molecule has 0 saturated carbocycles. The number of nitrogens with one attached hydrogen (secondary N) is 1. The number of hydrogen-bond donors (Lipinski definition) is 1. The summed E-state index contributed by atoms with van der Waals surface area (Å²) < 4.78 is 41.8. The monoisotopic (exact) mass is 319 g/mol. The summed E-state index contributed by atoms with van der Waals surface area (Å²) >= 11 is -0.0396. The molecule has 0 aromatic heterocycles. The highest BCUT2D eigenvalue weighted by Gasteiger charge is 2.28. The summed E-state index contributed by atoms with van der Waals surface area (Å²) in [5.41, 5.74) is -1.82. The van der Waals surface area contributed by atoms with Gasteiger partial charge < -0.3 is 10.1 Å². The Labute approximate surface area is 127 Å². The standard InChI is InChI=1S/C15H20F3NOS/c1-2-8-19-13-7-6-12-11(13)4-3-5-14(12)20-9-10-21-15(16,17)18/h3-5,13,19H,2,6-10H2,1H3. The van der Waals surface area contributed by atoms with Gasteiger partial charge in [-0.2, -0.15) is 13.2 Å². The van der Waals surface area contributed by atoms with Crippen LogP contribution in [0.1, 0.15) is 36.9 Å². The maximum absolute atomic E-state index is 12.1. The van der Waals surface area contributed by atoms with E-state index in [2.05, 4.69) is 18.3 Å². The first-order chi connectivity index (χ1) is 10.0. The van der Waals surface area contributed by atoms with Gasteiger partial charge in [-0.15, -0.1) is 0 Å². The maximum atomic E-state index is 12.1. The van der Waals surface area contributed by atoms with Gasteiger partial charge in [0.05, 0.1) is 6.61 Å². The van der Waals surface area contributed by atoms with Crippen LogP contribution in [0.15, 0.2) is 18.2 Å². The summed E-state index contributed by atoms with van der Waals surface area (Å²) in [7, 11) is 0. The molecular weight excluding hydrogens is 299 g/mol. The Bertz CT molecular complexity index is 465. The van der Waals surface area contributed by atoms with Gasteiger partial charge >= 0.3 is 5.51 Å². The minimum absolute atomic E-state index is 0.0396. The molecule has 0 bridgehead atoms. The van der Waals surface area contributed by atoms with Gasteiger partial charge in [0, 0.05) is 11.8 Å². The molecule has 0 fully saturated rings. The van der Waals surface area contributed by atoms with Crippen molar-refractivity contribution in [2.75, 3.05) is 18.9 Å². The van der Waals surface area contributed by atoms with Gasteiger partial charge in [-0.05, 0) is 54.8 Å². The second kappa shape index (κ2) is 7.40. The number of benzene rings is 1. The van der Waals surface area contributed by atoms with Crippen molar-refractivity contribution in [2.24, 2.45) is 0 Å². The van der Waals surface area contributed by atoms with Gasteiger partial charge in [-0.1, -0.05) is 19.1 Å². The predicted molar refractivity (Wildman–Crippen MR) is 79.8 cm³/mol. The molecule has 118 valence electrons. The predicted octanol–water partition coefficient (Wildman–Crippen LogP) is 4.31. The fraction of sp³-hybridized carbons (Fsp3) is 0.600. The third-order valence-corrected chi connectivity index (χ3v) is 4.17. The average Bonchev–Trinajstić information content (AvgIpc) is 2.84. The van der Waals surface area contributed by atoms with Gasteiger partial charge in [-0.25, -0.2) is 0 Å². The highest BCUT2D eigenvalue weighted by atomic mass is 32.2. The zero-order chi connectivity index (χ0) is 15.3. The Morgan fingerprint density at radius 2 is 2.19 bits per heavy atom. The lowest BCUT2D eigenvalue weighted by Gasteiger charge is -2.15. The number of ether oxygens (including phenoxy) is 1. The molecule has 2 rings (SSSR count). The smallest absolute Gasteiger partial charge is 0.441 e. The molecule has 0 spiro atoms. The van der Waals surface area contributed by atoms with Gasteiger partial charge in [0.15, 0.2) is 0 Å². The van der Waals surface area contributed by atoms with Crippen LogP contribution in [0.2, 0.25) is 0 Å². The Morgan fingerprint density at radius 1 is 1.38 bits per heavy atom. The first-order valence-corrected chi connectivity index (χ1v) is 8.18. The Balaban J connectivity index is 1.92. The number of alkyl halides is 3. The summed E-state index contributed by atoms with van der Waals surface area (Å²) in [4.78, 5) is 0. The zero-order valence-electron chi connectivity index (χ0n) is 12.0. The Hall–Kier alpha value is -0.880. The first kappa shape index (κ1) is 16.5. The lowest BCUT2D eigenvalue weighted by atomic mass is 10.1. The second-order valence-corrected chi connectivity index (χ2v) is 6.17. The van der Waals surface area contributed by atoms with Crippen LogP contribution in [-0.4, -0.2) is 24.4 Å². The number of rotatable bonds is 7. The van der Waals surface area contributed by atoms with E-state index in [1.165, 1.54) is 5.56 Å². The van der Waals surface area contributed by atoms with Crippen molar-refractivity contribution in [3.8, 4) is 5.75 Å². The molecule has 6 heteroatoms. The molecule has 0 saturated heterocycles. The third kappa shape index (κ3) is 4.81. The van der Waals surface area contributed by atoms with Crippen LogP contribution >= 0.6 is 11.8 Å². The molecule has 1 unspecified atom stereocenters. The van der Waals surface area contributed by atoms with Crippen molar-refractivity contribution in [2.45, 2.75) is 37.7 Å². The summed E-state index contributed by atoms with van der Waals surface area (Å²) in [6.45, 7) is 3.17. The van der Waals surface area contributed by atoms with Gasteiger partial charge in [-0.3, -0.25) is 0 Å². The number of fused-ring (bicyclic) bond motifs is 1. The lowest BCUT2D eigenvalue weighted by Crippen LogP contribution is -2.19. The molecule has 1 atom stereocenters. The summed E-state index contributed by atoms with van der Waals surface area (Å²) in [6, 6.07) is 6.18. The van der Waals surface area contributed by atoms with Crippen molar-refractivity contribution >= 4 is 11.8 Å². The Kier molecular flexibility index (Phi) is 5.81. The quantitative estimate of drug-likeness (QED) is 0.757. The van der Waals surface area contributed by atoms with Crippen LogP contribution in [0, 0.1) is 0 Å². The van der Waals surface area contributed by atoms with E-state index in [9.17, 15) is 13.2 Å². The topological polar surface area (TPSA) is 21.3 Å². The molecule has 0 aliphatic heterocycles. The number of halogens is 3. The highest BCUT2D eigenvalue weighted by molar-refractivity contribution is 8.00. The van der Waals surface area contributed by atoms with E-state index in [0.717, 1.165) is 37.1 Å². The second-order valence-electron chi connectivity index (χ2n) is 5.01. The van der Waals surface area contributed by atoms with Crippen LogP contribution < -0.4 is 10.1 Å². The van der Waals surface area contributed by atoms with Gasteiger partial charge in [0.25, 0.3) is 0 Å². The molecule has 1 aromatic rings. The van der Waals surface area contributed by atoms with Crippen LogP contribution in [0.5, 0.6) is 5.75 Å². The highest BCUT2D eigenvalue weighted by Crippen LogP contribution is 2.37. The maximum Gasteiger partial charge on any atom is 0.441 e. The zero-order valence-corrected chi connectivity index (χ0v) is 12.8. The number of thioether (sulfide) groups is 1. The minimum Gasteiger partial charge on any atom is -0.492 e. The fourth-order valence-electron chi connectivity index (χ4n) is 2.60. The minimum atomic E-state index is -4.18. The molecule has 1 aromatic carbocycles. The summed E-state index contributed by atoms with van der Waals surface area (Å²) in [6.07, 6.45) is 3.02. The molecule has 0 amide bonds. The Morgan fingerprint density at radius 3 is 2.90 bits per heavy atom. The number of hydrogen-bond acceptors (Lipinski definition) is 3. The summed E-state index contributed by atoms with van der Waals surface area (Å²) in [5.74, 6) is 0.654. The van der Waals surface area contributed by atoms with E-state index in [4.69, 9.17) is 4.74 Å². The van der Waals surface area contributed by atoms with E-state index in [1.54, 1.807) is 0 Å². The average molecular weight is 319 g/mol. The molecular formula is C15H20F3NOS. The largest absolute Gasteiger partial charge is 0.492 e. The molecule has 21 heavy (non-hydrogen) atoms. The lowest BCUT2D eigenvalue weighted by molar-refractivity contribution is -0.0329. The summed E-state index contributed by atoms with van der Waals surface area (Å²) in [5, 5.41) is 3.49. The van der Waals surface area contributed by atoms with Crippen LogP contribution in [0.4, 0.5) is 13.2 Å². The van der Waals surface area contributed by atoms with Crippen LogP contribution in [0.3, 0.4) is 0 Å². The molecule has 1 aliphatic carbocycles. The van der Waals surface area contributed by atoms with Crippen molar-refractivity contribution in [3.05, 3.63) is 29.3 Å². The van der Waals surface area contributed by atoms with Crippen molar-refractivity contribution in [1.82, 2.24) is 5.32 Å². The fourth-order valence-corrected chi connectivity index (χ4v) is 2.99. The van der Waals surface area contributed by atoms with E-state index < -0.39 is 5.51 Å². The van der Waals surface area contributed by atoms with E-state index in [1.807, 2.05) is 12.1 Å². The molecule has 2 nitrogen and oxygen atoms in total. The van der Waals surface area contributed by atoms with E-state index in [0.29, 0.717) is 6.04 Å². The van der Waals surface area contributed by atoms with Crippen molar-refractivity contribution < 1.29 is 17.9 Å². The third-order valence-electron chi connectivity index (χ3n) is 3.48. The van der Waals surface area contributed by atoms with Crippen LogP contribution in [-0.2, 0) is 6.42 Å². The molecule has 0 radical (unpaired) electrons. The molecule has 1 N–H and O–H groups in total. The molecule has 1 aliphatic rings. The van der Waals surface area contributed by atoms with Gasteiger partial charge in [0.2, 0.25) is 0 Å². The molecule has 0 heterocycles. The van der Waals surface area contributed by atoms with E-state index in [-0.39, 0.29) is 24.1 Å². The van der Waals surface area contributed by atoms with Gasteiger partial charge in [0.1, 0.15) is 5.75 Å². The normalized spacial score (nSPS) is 17.8. The van der Waals surface area contributed by atoms with Crippen molar-refractivity contribution in [3.63, 3.8) is 0 Å². The van der Waals surface area contributed by atoms with Crippen molar-refractivity contribution in [1.29, 1.82) is 0 Å². The van der Waals surface area contributed by atoms with E-state index >= 15 is 0 Å². The SMILES string of the molecule is CCCNC1CCc2c(OCCSC(F)(F)F)cccc21.